The molecule has 1 heterocycles. The van der Waals surface area contributed by atoms with Crippen LogP contribution in [0.1, 0.15) is 129 Å². The van der Waals surface area contributed by atoms with Crippen LogP contribution in [-0.4, -0.2) is 17.0 Å². The number of ether oxygens (including phenoxy) is 1. The molecular weight excluding hydrogens is 372 g/mol. The SMILES string of the molecule is CCCCCCCCC[C@@H]1CC(Br)C[C@H](CCCCCCCCC)O1. The zero-order valence-electron chi connectivity index (χ0n) is 17.2. The smallest absolute Gasteiger partial charge is 0.0589 e. The number of unbranched alkanes of at least 4 members (excludes halogenated alkanes) is 12. The lowest BCUT2D eigenvalue weighted by atomic mass is 9.96. The quantitative estimate of drug-likeness (QED) is 0.180. The maximum absolute atomic E-state index is 6.42. The van der Waals surface area contributed by atoms with Crippen LogP contribution < -0.4 is 0 Å². The number of hydrogen-bond donors (Lipinski definition) is 0. The fraction of sp³-hybridized carbons (Fsp3) is 1.00. The second kappa shape index (κ2) is 16.6. The van der Waals surface area contributed by atoms with Crippen molar-refractivity contribution in [2.45, 2.75) is 146 Å². The molecule has 1 unspecified atom stereocenters. The fourth-order valence-corrected chi connectivity index (χ4v) is 4.91. The van der Waals surface area contributed by atoms with E-state index in [2.05, 4.69) is 29.8 Å². The molecule has 0 aromatic carbocycles. The van der Waals surface area contributed by atoms with Crippen LogP contribution in [0.15, 0.2) is 0 Å². The average molecular weight is 418 g/mol. The van der Waals surface area contributed by atoms with Crippen LogP contribution in [-0.2, 0) is 4.74 Å². The Morgan fingerprint density at radius 1 is 0.600 bits per heavy atom. The highest BCUT2D eigenvalue weighted by molar-refractivity contribution is 9.09. The van der Waals surface area contributed by atoms with Gasteiger partial charge in [-0.25, -0.2) is 0 Å². The predicted octanol–water partition coefficient (Wildman–Crippen LogP) is 8.58. The maximum Gasteiger partial charge on any atom is 0.0589 e. The summed E-state index contributed by atoms with van der Waals surface area (Å²) in [5.74, 6) is 0. The number of rotatable bonds is 16. The van der Waals surface area contributed by atoms with Crippen LogP contribution in [0.4, 0.5) is 0 Å². The molecule has 3 atom stereocenters. The van der Waals surface area contributed by atoms with E-state index in [1.165, 1.54) is 116 Å². The average Bonchev–Trinajstić information content (AvgIpc) is 2.60. The van der Waals surface area contributed by atoms with Gasteiger partial charge in [-0.2, -0.15) is 0 Å². The van der Waals surface area contributed by atoms with Crippen molar-refractivity contribution >= 4 is 15.9 Å². The topological polar surface area (TPSA) is 9.23 Å². The van der Waals surface area contributed by atoms with Gasteiger partial charge in [-0.15, -0.1) is 0 Å². The second-order valence-electron chi connectivity index (χ2n) is 8.27. The Balaban J connectivity index is 2.03. The molecule has 1 nitrogen and oxygen atoms in total. The van der Waals surface area contributed by atoms with E-state index in [1.807, 2.05) is 0 Å². The molecule has 0 aliphatic carbocycles. The Hall–Kier alpha value is 0.440. The summed E-state index contributed by atoms with van der Waals surface area (Å²) in [6.45, 7) is 4.58. The lowest BCUT2D eigenvalue weighted by Crippen LogP contribution is -2.33. The molecule has 0 bridgehead atoms. The van der Waals surface area contributed by atoms with E-state index in [9.17, 15) is 0 Å². The Kier molecular flexibility index (Phi) is 15.6. The third-order valence-corrected chi connectivity index (χ3v) is 6.43. The molecule has 0 amide bonds. The van der Waals surface area contributed by atoms with Crippen molar-refractivity contribution in [3.05, 3.63) is 0 Å². The van der Waals surface area contributed by atoms with Gasteiger partial charge in [-0.05, 0) is 25.7 Å². The minimum Gasteiger partial charge on any atom is -0.375 e. The normalized spacial score (nSPS) is 23.9. The van der Waals surface area contributed by atoms with Gasteiger partial charge in [0.1, 0.15) is 0 Å². The largest absolute Gasteiger partial charge is 0.375 e. The van der Waals surface area contributed by atoms with Gasteiger partial charge in [0.25, 0.3) is 0 Å². The van der Waals surface area contributed by atoms with Crippen molar-refractivity contribution in [1.82, 2.24) is 0 Å². The molecule has 2 heteroatoms. The second-order valence-corrected chi connectivity index (χ2v) is 9.56. The molecule has 1 aliphatic heterocycles. The van der Waals surface area contributed by atoms with Gasteiger partial charge in [0.05, 0.1) is 12.2 Å². The van der Waals surface area contributed by atoms with Crippen molar-refractivity contribution in [1.29, 1.82) is 0 Å². The number of alkyl halides is 1. The minimum atomic E-state index is 0.517. The standard InChI is InChI=1S/C23H45BrO/c1-3-5-7-9-11-13-15-17-22-19-21(24)20-23(25-22)18-16-14-12-10-8-6-4-2/h21-23H,3-20H2,1-2H3/t21?,22-,23+. The van der Waals surface area contributed by atoms with E-state index in [0.717, 1.165) is 0 Å². The number of hydrogen-bond acceptors (Lipinski definition) is 1. The summed E-state index contributed by atoms with van der Waals surface area (Å²) in [4.78, 5) is 0.686. The Bertz CT molecular complexity index is 255. The van der Waals surface area contributed by atoms with Crippen molar-refractivity contribution < 1.29 is 4.74 Å². The predicted molar refractivity (Wildman–Crippen MR) is 116 cm³/mol. The summed E-state index contributed by atoms with van der Waals surface area (Å²) < 4.78 is 6.42. The summed E-state index contributed by atoms with van der Waals surface area (Å²) in [6.07, 6.45) is 25.7. The lowest BCUT2D eigenvalue weighted by molar-refractivity contribution is -0.0546. The molecule has 25 heavy (non-hydrogen) atoms. The summed E-state index contributed by atoms with van der Waals surface area (Å²) in [6, 6.07) is 0. The van der Waals surface area contributed by atoms with E-state index in [1.54, 1.807) is 0 Å². The summed E-state index contributed by atoms with van der Waals surface area (Å²) in [5, 5.41) is 0. The van der Waals surface area contributed by atoms with Crippen molar-refractivity contribution in [3.8, 4) is 0 Å². The van der Waals surface area contributed by atoms with Gasteiger partial charge in [0.2, 0.25) is 0 Å². The van der Waals surface area contributed by atoms with Gasteiger partial charge in [0, 0.05) is 4.83 Å². The molecule has 1 aliphatic rings. The molecule has 0 spiro atoms. The molecule has 0 N–H and O–H groups in total. The summed E-state index contributed by atoms with van der Waals surface area (Å²) in [5.41, 5.74) is 0. The van der Waals surface area contributed by atoms with Crippen LogP contribution >= 0.6 is 15.9 Å². The Morgan fingerprint density at radius 3 is 1.36 bits per heavy atom. The third kappa shape index (κ3) is 13.3. The van der Waals surface area contributed by atoms with Crippen LogP contribution in [0.5, 0.6) is 0 Å². The van der Waals surface area contributed by atoms with Crippen LogP contribution in [0.3, 0.4) is 0 Å². The molecule has 0 radical (unpaired) electrons. The highest BCUT2D eigenvalue weighted by atomic mass is 79.9. The first-order valence-electron chi connectivity index (χ1n) is 11.6. The first-order valence-corrected chi connectivity index (χ1v) is 12.5. The lowest BCUT2D eigenvalue weighted by Gasteiger charge is -2.33. The van der Waals surface area contributed by atoms with Gasteiger partial charge in [-0.1, -0.05) is 120 Å². The number of halogens is 1. The van der Waals surface area contributed by atoms with E-state index in [-0.39, 0.29) is 0 Å². The van der Waals surface area contributed by atoms with Crippen LogP contribution in [0.25, 0.3) is 0 Å². The molecule has 0 aromatic rings. The monoisotopic (exact) mass is 416 g/mol. The maximum atomic E-state index is 6.42. The zero-order chi connectivity index (χ0) is 18.2. The van der Waals surface area contributed by atoms with Gasteiger partial charge >= 0.3 is 0 Å². The first-order chi connectivity index (χ1) is 12.3. The van der Waals surface area contributed by atoms with E-state index in [4.69, 9.17) is 4.74 Å². The highest BCUT2D eigenvalue weighted by Gasteiger charge is 2.27. The minimum absolute atomic E-state index is 0.517. The van der Waals surface area contributed by atoms with E-state index < -0.39 is 0 Å². The zero-order valence-corrected chi connectivity index (χ0v) is 18.8. The molecule has 0 aromatic heterocycles. The summed E-state index contributed by atoms with van der Waals surface area (Å²) in [7, 11) is 0. The van der Waals surface area contributed by atoms with Crippen LogP contribution in [0.2, 0.25) is 0 Å². The molecule has 1 saturated heterocycles. The van der Waals surface area contributed by atoms with Crippen LogP contribution in [0, 0.1) is 0 Å². The fourth-order valence-electron chi connectivity index (χ4n) is 4.08. The van der Waals surface area contributed by atoms with Crippen molar-refractivity contribution in [2.24, 2.45) is 0 Å². The summed E-state index contributed by atoms with van der Waals surface area (Å²) >= 11 is 3.89. The molecule has 150 valence electrons. The van der Waals surface area contributed by atoms with Gasteiger partial charge in [0.15, 0.2) is 0 Å². The Labute approximate surface area is 167 Å². The molecule has 1 rings (SSSR count). The highest BCUT2D eigenvalue weighted by Crippen LogP contribution is 2.30. The molecule has 1 fully saturated rings. The van der Waals surface area contributed by atoms with Gasteiger partial charge < -0.3 is 4.74 Å². The van der Waals surface area contributed by atoms with Gasteiger partial charge in [-0.3, -0.25) is 0 Å². The van der Waals surface area contributed by atoms with Crippen molar-refractivity contribution in [2.75, 3.05) is 0 Å². The van der Waals surface area contributed by atoms with Crippen molar-refractivity contribution in [3.63, 3.8) is 0 Å². The first kappa shape index (κ1) is 23.5. The third-order valence-electron chi connectivity index (χ3n) is 5.68. The molecule has 0 saturated carbocycles. The van der Waals surface area contributed by atoms with E-state index >= 15 is 0 Å². The Morgan fingerprint density at radius 2 is 0.960 bits per heavy atom. The van der Waals surface area contributed by atoms with E-state index in [0.29, 0.717) is 17.0 Å². The molecular formula is C23H45BrO.